The summed E-state index contributed by atoms with van der Waals surface area (Å²) in [6.45, 7) is 7.29. The molecule has 4 aliphatic carbocycles. The largest absolute Gasteiger partial charge is 0.459 e. The van der Waals surface area contributed by atoms with Gasteiger partial charge in [-0.25, -0.2) is 4.39 Å². The molecule has 0 spiro atoms. The summed E-state index contributed by atoms with van der Waals surface area (Å²) in [4.78, 5) is 37.6. The minimum absolute atomic E-state index is 0.129. The van der Waals surface area contributed by atoms with Crippen LogP contribution in [0.4, 0.5) is 4.39 Å². The van der Waals surface area contributed by atoms with Gasteiger partial charge in [-0.05, 0) is 56.3 Å². The van der Waals surface area contributed by atoms with Crippen LogP contribution in [0.2, 0.25) is 0 Å². The van der Waals surface area contributed by atoms with Gasteiger partial charge >= 0.3 is 5.97 Å². The lowest BCUT2D eigenvalue weighted by Gasteiger charge is -2.63. The second-order valence-corrected chi connectivity index (χ2v) is 12.5. The van der Waals surface area contributed by atoms with Gasteiger partial charge in [0.05, 0.1) is 0 Å². The molecule has 0 unspecified atom stereocenters. The number of rotatable bonds is 4. The Balaban J connectivity index is 1.89. The quantitative estimate of drug-likeness (QED) is 0.433. The summed E-state index contributed by atoms with van der Waals surface area (Å²) in [5.74, 6) is -0.241. The Labute approximate surface area is 192 Å². The van der Waals surface area contributed by atoms with E-state index in [1.807, 2.05) is 20.1 Å². The van der Waals surface area contributed by atoms with Gasteiger partial charge in [0.2, 0.25) is 0 Å². The Bertz CT molecular complexity index is 900. The molecule has 170 valence electrons. The van der Waals surface area contributed by atoms with E-state index in [2.05, 4.69) is 6.92 Å². The van der Waals surface area contributed by atoms with Crippen LogP contribution in [0.1, 0.15) is 53.4 Å². The predicted molar refractivity (Wildman–Crippen MR) is 123 cm³/mol. The van der Waals surface area contributed by atoms with Crippen LogP contribution in [0.15, 0.2) is 23.8 Å². The van der Waals surface area contributed by atoms with Crippen molar-refractivity contribution < 1.29 is 23.5 Å². The number of ether oxygens (including phenoxy) is 1. The first-order chi connectivity index (χ1) is 14.5. The molecule has 0 aromatic carbocycles. The SMILES string of the molecule is CCS[C@]1(SC)C(=O)C[C@H]2[C@@H]3CCC4=CC(=O)C=C[C@]4(C)[C@@]3(F)[C@@H](OC(C)=O)C[C@@]21C. The van der Waals surface area contributed by atoms with E-state index < -0.39 is 38.6 Å². The molecule has 0 heterocycles. The molecule has 31 heavy (non-hydrogen) atoms. The summed E-state index contributed by atoms with van der Waals surface area (Å²) in [5, 5.41) is 0. The smallest absolute Gasteiger partial charge is 0.303 e. The zero-order valence-electron chi connectivity index (χ0n) is 18.8. The Morgan fingerprint density at radius 3 is 2.61 bits per heavy atom. The maximum absolute atomic E-state index is 17.6. The Kier molecular flexibility index (Phi) is 5.57. The fourth-order valence-corrected chi connectivity index (χ4v) is 10.2. The van der Waals surface area contributed by atoms with E-state index in [0.717, 1.165) is 11.3 Å². The van der Waals surface area contributed by atoms with Crippen molar-refractivity contribution in [3.8, 4) is 0 Å². The van der Waals surface area contributed by atoms with Crippen LogP contribution in [-0.2, 0) is 19.1 Å². The third kappa shape index (κ3) is 2.84. The minimum atomic E-state index is -1.87. The highest BCUT2D eigenvalue weighted by atomic mass is 32.2. The highest BCUT2D eigenvalue weighted by Gasteiger charge is 2.76. The van der Waals surface area contributed by atoms with Gasteiger partial charge in [-0.2, -0.15) is 0 Å². The fourth-order valence-electron chi connectivity index (χ4n) is 7.11. The molecule has 0 bridgehead atoms. The topological polar surface area (TPSA) is 60.4 Å². The van der Waals surface area contributed by atoms with Crippen LogP contribution in [0.5, 0.6) is 0 Å². The molecule has 0 saturated heterocycles. The van der Waals surface area contributed by atoms with Crippen molar-refractivity contribution in [2.75, 3.05) is 12.0 Å². The van der Waals surface area contributed by atoms with Crippen molar-refractivity contribution >= 4 is 41.1 Å². The molecule has 7 heteroatoms. The standard InChI is InChI=1S/C24H31FO4S2/c1-6-31-24(30-5)19(28)12-18-17-8-7-15-11-16(27)9-10-21(15,3)23(17,25)20(29-14(2)26)13-22(18,24)4/h9-11,17-18,20H,6-8,12-13H2,1-5H3/t17-,18-,20-,21-,22-,23-,24+/m0/s1. The molecule has 0 radical (unpaired) electrons. The maximum atomic E-state index is 17.6. The highest BCUT2D eigenvalue weighted by molar-refractivity contribution is 8.19. The molecule has 0 N–H and O–H groups in total. The van der Waals surface area contributed by atoms with Gasteiger partial charge < -0.3 is 4.74 Å². The lowest BCUT2D eigenvalue weighted by molar-refractivity contribution is -0.209. The summed E-state index contributed by atoms with van der Waals surface area (Å²) in [6.07, 6.45) is 7.47. The van der Waals surface area contributed by atoms with Crippen LogP contribution in [-0.4, -0.2) is 45.4 Å². The Morgan fingerprint density at radius 1 is 1.29 bits per heavy atom. The average Bonchev–Trinajstić information content (AvgIpc) is 2.91. The number of esters is 1. The number of hydrogen-bond donors (Lipinski definition) is 0. The van der Waals surface area contributed by atoms with E-state index in [9.17, 15) is 14.4 Å². The summed E-state index contributed by atoms with van der Waals surface area (Å²) < 4.78 is 22.6. The van der Waals surface area contributed by atoms with Crippen LogP contribution in [0.3, 0.4) is 0 Å². The summed E-state index contributed by atoms with van der Waals surface area (Å²) in [6, 6.07) is 0. The van der Waals surface area contributed by atoms with Gasteiger partial charge in [0.25, 0.3) is 0 Å². The van der Waals surface area contributed by atoms with Crippen molar-refractivity contribution in [2.24, 2.45) is 22.7 Å². The molecule has 4 aliphatic rings. The number of fused-ring (bicyclic) bond motifs is 5. The summed E-state index contributed by atoms with van der Waals surface area (Å²) >= 11 is 3.20. The number of carbonyl (C=O) groups excluding carboxylic acids is 3. The zero-order valence-corrected chi connectivity index (χ0v) is 20.5. The first-order valence-electron chi connectivity index (χ1n) is 11.0. The molecule has 3 fully saturated rings. The molecular weight excluding hydrogens is 435 g/mol. The van der Waals surface area contributed by atoms with Gasteiger partial charge in [-0.15, -0.1) is 23.5 Å². The van der Waals surface area contributed by atoms with E-state index in [0.29, 0.717) is 25.7 Å². The number of thioether (sulfide) groups is 2. The third-order valence-corrected chi connectivity index (χ3v) is 12.0. The van der Waals surface area contributed by atoms with Crippen molar-refractivity contribution in [3.63, 3.8) is 0 Å². The van der Waals surface area contributed by atoms with Gasteiger partial charge in [-0.1, -0.05) is 25.5 Å². The molecule has 3 saturated carbocycles. The fraction of sp³-hybridized carbons (Fsp3) is 0.708. The van der Waals surface area contributed by atoms with Gasteiger partial charge in [0, 0.05) is 30.1 Å². The number of alkyl halides is 1. The lowest BCUT2D eigenvalue weighted by Crippen LogP contribution is -2.68. The first-order valence-corrected chi connectivity index (χ1v) is 13.2. The molecule has 0 aromatic heterocycles. The van der Waals surface area contributed by atoms with Crippen LogP contribution in [0, 0.1) is 22.7 Å². The van der Waals surface area contributed by atoms with Crippen LogP contribution >= 0.6 is 23.5 Å². The predicted octanol–water partition coefficient (Wildman–Crippen LogP) is 4.92. The lowest BCUT2D eigenvalue weighted by atomic mass is 9.46. The van der Waals surface area contributed by atoms with Crippen molar-refractivity contribution in [3.05, 3.63) is 23.8 Å². The second kappa shape index (κ2) is 7.47. The van der Waals surface area contributed by atoms with Crippen molar-refractivity contribution in [1.29, 1.82) is 0 Å². The highest BCUT2D eigenvalue weighted by Crippen LogP contribution is 2.73. The number of carbonyl (C=O) groups is 3. The van der Waals surface area contributed by atoms with E-state index in [4.69, 9.17) is 4.74 Å². The average molecular weight is 467 g/mol. The van der Waals surface area contributed by atoms with Crippen LogP contribution < -0.4 is 0 Å². The number of ketones is 2. The van der Waals surface area contributed by atoms with Gasteiger partial charge in [-0.3, -0.25) is 14.4 Å². The monoisotopic (exact) mass is 466 g/mol. The van der Waals surface area contributed by atoms with Crippen molar-refractivity contribution in [1.82, 2.24) is 0 Å². The Morgan fingerprint density at radius 2 is 2.00 bits per heavy atom. The molecule has 7 atom stereocenters. The third-order valence-electron chi connectivity index (χ3n) is 8.47. The van der Waals surface area contributed by atoms with Gasteiger partial charge in [0.15, 0.2) is 17.2 Å². The number of allylic oxidation sites excluding steroid dienone is 4. The van der Waals surface area contributed by atoms with Gasteiger partial charge in [0.1, 0.15) is 10.2 Å². The summed E-state index contributed by atoms with van der Waals surface area (Å²) in [7, 11) is 0. The molecule has 4 nitrogen and oxygen atoms in total. The van der Waals surface area contributed by atoms with Crippen LogP contribution in [0.25, 0.3) is 0 Å². The molecular formula is C24H31FO4S2. The molecule has 0 aliphatic heterocycles. The first kappa shape index (κ1) is 23.1. The number of hydrogen-bond acceptors (Lipinski definition) is 6. The number of Topliss-reactive ketones (excluding diaryl/α,β-unsaturated/α-hetero) is 1. The molecule has 0 aromatic rings. The zero-order chi connectivity index (χ0) is 22.8. The normalized spacial score (nSPS) is 46.1. The van der Waals surface area contributed by atoms with E-state index >= 15 is 4.39 Å². The molecule has 4 rings (SSSR count). The second-order valence-electron chi connectivity index (χ2n) is 9.73. The van der Waals surface area contributed by atoms with E-state index in [1.54, 1.807) is 35.7 Å². The van der Waals surface area contributed by atoms with E-state index in [1.165, 1.54) is 13.0 Å². The maximum Gasteiger partial charge on any atom is 0.303 e. The van der Waals surface area contributed by atoms with E-state index in [-0.39, 0.29) is 17.5 Å². The number of halogens is 1. The summed E-state index contributed by atoms with van der Waals surface area (Å²) in [5.41, 5.74) is -2.62. The Hall–Kier alpha value is -1.08. The minimum Gasteiger partial charge on any atom is -0.459 e. The molecule has 0 amide bonds. The van der Waals surface area contributed by atoms with Crippen molar-refractivity contribution in [2.45, 2.75) is 69.2 Å².